The minimum Gasteiger partial charge on any atom is -0.274 e. The smallest absolute Gasteiger partial charge is 0.238 e. The highest BCUT2D eigenvalue weighted by Crippen LogP contribution is 2.58. The molecule has 128 valence electrons. The first-order valence-corrected chi connectivity index (χ1v) is 9.20. The number of nitrogens with zero attached hydrogens (tertiary/aromatic N) is 1. The molecule has 2 saturated carbocycles. The fourth-order valence-corrected chi connectivity index (χ4v) is 5.35. The summed E-state index contributed by atoms with van der Waals surface area (Å²) >= 11 is 0. The molecule has 4 aliphatic rings. The van der Waals surface area contributed by atoms with Gasteiger partial charge in [0.05, 0.1) is 17.5 Å². The second-order valence-electron chi connectivity index (χ2n) is 7.60. The number of hydrogen-bond donors (Lipinski definition) is 0. The maximum Gasteiger partial charge on any atom is 0.238 e. The molecule has 4 heteroatoms. The van der Waals surface area contributed by atoms with Crippen LogP contribution in [0.25, 0.3) is 0 Å². The van der Waals surface area contributed by atoms with Gasteiger partial charge in [0.15, 0.2) is 0 Å². The van der Waals surface area contributed by atoms with Crippen LogP contribution in [0, 0.1) is 29.5 Å². The van der Waals surface area contributed by atoms with Gasteiger partial charge in [-0.2, -0.15) is 0 Å². The summed E-state index contributed by atoms with van der Waals surface area (Å²) in [6.07, 6.45) is 10.2. The third-order valence-corrected chi connectivity index (χ3v) is 6.37. The molecule has 1 saturated heterocycles. The summed E-state index contributed by atoms with van der Waals surface area (Å²) < 4.78 is 13.2. The Hall–Kier alpha value is -2.23. The zero-order chi connectivity index (χ0) is 17.1. The second kappa shape index (κ2) is 5.38. The molecule has 3 aliphatic carbocycles. The monoisotopic (exact) mass is 337 g/mol. The van der Waals surface area contributed by atoms with E-state index >= 15 is 0 Å². The second-order valence-corrected chi connectivity index (χ2v) is 7.60. The number of carbonyl (C=O) groups excluding carboxylic acids is 2. The van der Waals surface area contributed by atoms with Gasteiger partial charge in [-0.3, -0.25) is 9.59 Å². The molecule has 0 aromatic heterocycles. The highest BCUT2D eigenvalue weighted by atomic mass is 19.1. The van der Waals surface area contributed by atoms with Crippen molar-refractivity contribution >= 4 is 17.5 Å². The predicted molar refractivity (Wildman–Crippen MR) is 92.1 cm³/mol. The van der Waals surface area contributed by atoms with Crippen LogP contribution in [0.3, 0.4) is 0 Å². The minimum absolute atomic E-state index is 0.0880. The van der Waals surface area contributed by atoms with Crippen molar-refractivity contribution in [3.8, 4) is 0 Å². The molecule has 0 spiro atoms. The number of fused-ring (bicyclic) bond motifs is 5. The van der Waals surface area contributed by atoms with Crippen molar-refractivity contribution in [3.63, 3.8) is 0 Å². The first kappa shape index (κ1) is 15.1. The van der Waals surface area contributed by atoms with Gasteiger partial charge in [-0.1, -0.05) is 29.7 Å². The van der Waals surface area contributed by atoms with Crippen LogP contribution >= 0.6 is 0 Å². The molecule has 0 N–H and O–H groups in total. The summed E-state index contributed by atoms with van der Waals surface area (Å²) in [5, 5.41) is 0. The van der Waals surface area contributed by atoms with Gasteiger partial charge in [-0.05, 0) is 49.9 Å². The molecule has 5 rings (SSSR count). The number of imide groups is 1. The number of amides is 2. The van der Waals surface area contributed by atoms with E-state index in [1.54, 1.807) is 0 Å². The van der Waals surface area contributed by atoms with Crippen molar-refractivity contribution in [2.24, 2.45) is 23.7 Å². The Morgan fingerprint density at radius 2 is 1.40 bits per heavy atom. The number of hydrogen-bond acceptors (Lipinski definition) is 2. The van der Waals surface area contributed by atoms with Crippen molar-refractivity contribution in [3.05, 3.63) is 53.4 Å². The number of halogens is 1. The largest absolute Gasteiger partial charge is 0.274 e. The maximum atomic E-state index is 13.2. The fourth-order valence-electron chi connectivity index (χ4n) is 5.35. The van der Waals surface area contributed by atoms with Gasteiger partial charge in [0.2, 0.25) is 11.8 Å². The lowest BCUT2D eigenvalue weighted by Gasteiger charge is -2.23. The van der Waals surface area contributed by atoms with Crippen molar-refractivity contribution in [1.82, 2.24) is 0 Å². The zero-order valence-corrected chi connectivity index (χ0v) is 14.0. The number of carbonyl (C=O) groups is 2. The Balaban J connectivity index is 1.52. The first-order chi connectivity index (χ1) is 12.2. The molecule has 3 fully saturated rings. The van der Waals surface area contributed by atoms with Gasteiger partial charge < -0.3 is 0 Å². The van der Waals surface area contributed by atoms with Gasteiger partial charge in [0.1, 0.15) is 5.82 Å². The Bertz CT molecular complexity index is 781. The molecular weight excluding hydrogens is 317 g/mol. The molecule has 25 heavy (non-hydrogen) atoms. The third kappa shape index (κ3) is 2.03. The van der Waals surface area contributed by atoms with E-state index in [-0.39, 0.29) is 41.3 Å². The maximum absolute atomic E-state index is 13.2. The quantitative estimate of drug-likeness (QED) is 0.574. The lowest BCUT2D eigenvalue weighted by molar-refractivity contribution is -0.122. The van der Waals surface area contributed by atoms with Crippen LogP contribution in [-0.2, 0) is 9.59 Å². The lowest BCUT2D eigenvalue weighted by atomic mass is 9.85. The van der Waals surface area contributed by atoms with Gasteiger partial charge in [0.25, 0.3) is 0 Å². The standard InChI is InChI=1S/C21H20FNO2/c22-13-6-8-14(9-7-13)23-20(24)18-15-10-11-16(19(18)21(23)25)17(15)12-4-2-1-3-5-12/h6-11,15-16,18-19H,1-5H2/t15-,16-,18-,19-/m0/s1. The Kier molecular flexibility index (Phi) is 3.24. The van der Waals surface area contributed by atoms with Crippen molar-refractivity contribution < 1.29 is 14.0 Å². The van der Waals surface area contributed by atoms with E-state index in [4.69, 9.17) is 0 Å². The van der Waals surface area contributed by atoms with Crippen LogP contribution in [0.4, 0.5) is 10.1 Å². The molecule has 4 atom stereocenters. The Morgan fingerprint density at radius 3 is 1.96 bits per heavy atom. The van der Waals surface area contributed by atoms with Crippen LogP contribution in [0.5, 0.6) is 0 Å². The molecule has 0 radical (unpaired) electrons. The third-order valence-electron chi connectivity index (χ3n) is 6.37. The summed E-state index contributed by atoms with van der Waals surface area (Å²) in [6.45, 7) is 0. The number of rotatable bonds is 1. The average molecular weight is 337 g/mol. The van der Waals surface area contributed by atoms with E-state index in [0.29, 0.717) is 5.69 Å². The van der Waals surface area contributed by atoms with Crippen LogP contribution in [-0.4, -0.2) is 11.8 Å². The van der Waals surface area contributed by atoms with E-state index in [2.05, 4.69) is 12.2 Å². The summed E-state index contributed by atoms with van der Waals surface area (Å²) in [4.78, 5) is 27.4. The molecule has 0 unspecified atom stereocenters. The van der Waals surface area contributed by atoms with Gasteiger partial charge in [-0.15, -0.1) is 0 Å². The van der Waals surface area contributed by atoms with Crippen LogP contribution in [0.1, 0.15) is 32.1 Å². The molecule has 1 aromatic carbocycles. The summed E-state index contributed by atoms with van der Waals surface area (Å²) in [5.41, 5.74) is 3.35. The zero-order valence-electron chi connectivity index (χ0n) is 14.0. The van der Waals surface area contributed by atoms with E-state index in [9.17, 15) is 14.0 Å². The molecule has 1 heterocycles. The van der Waals surface area contributed by atoms with Crippen molar-refractivity contribution in [2.75, 3.05) is 4.90 Å². The average Bonchev–Trinajstić information content (AvgIpc) is 3.27. The summed E-state index contributed by atoms with van der Waals surface area (Å²) in [5.74, 6) is -0.960. The fraction of sp³-hybridized carbons (Fsp3) is 0.429. The highest BCUT2D eigenvalue weighted by molar-refractivity contribution is 6.23. The van der Waals surface area contributed by atoms with Crippen LogP contribution in [0.2, 0.25) is 0 Å². The van der Waals surface area contributed by atoms with Crippen LogP contribution < -0.4 is 4.90 Å². The molecule has 2 amide bonds. The van der Waals surface area contributed by atoms with Gasteiger partial charge >= 0.3 is 0 Å². The molecule has 1 aromatic rings. The van der Waals surface area contributed by atoms with E-state index in [1.165, 1.54) is 59.6 Å². The SMILES string of the molecule is O=C1[C@@H]2[C@@H](C(=O)N1c1ccc(F)cc1)[C@H]1C=C[C@H]2C1=C1CCCCC1. The van der Waals surface area contributed by atoms with E-state index < -0.39 is 0 Å². The Morgan fingerprint density at radius 1 is 0.840 bits per heavy atom. The first-order valence-electron chi connectivity index (χ1n) is 9.20. The molecule has 2 bridgehead atoms. The molecule has 1 aliphatic heterocycles. The van der Waals surface area contributed by atoms with E-state index in [0.717, 1.165) is 12.8 Å². The van der Waals surface area contributed by atoms with E-state index in [1.807, 2.05) is 0 Å². The number of allylic oxidation sites excluding steroid dienone is 4. The van der Waals surface area contributed by atoms with Gasteiger partial charge in [0, 0.05) is 11.8 Å². The van der Waals surface area contributed by atoms with Crippen molar-refractivity contribution in [2.45, 2.75) is 32.1 Å². The lowest BCUT2D eigenvalue weighted by Crippen LogP contribution is -2.33. The summed E-state index contributed by atoms with van der Waals surface area (Å²) in [6, 6.07) is 5.63. The normalized spacial score (nSPS) is 33.6. The van der Waals surface area contributed by atoms with Crippen molar-refractivity contribution in [1.29, 1.82) is 0 Å². The number of anilines is 1. The molecule has 3 nitrogen and oxygen atoms in total. The van der Waals surface area contributed by atoms with Crippen LogP contribution in [0.15, 0.2) is 47.6 Å². The van der Waals surface area contributed by atoms with Gasteiger partial charge in [-0.25, -0.2) is 9.29 Å². The highest BCUT2D eigenvalue weighted by Gasteiger charge is 2.62. The molecular formula is C21H20FNO2. The predicted octanol–water partition coefficient (Wildman–Crippen LogP) is 4.01. The topological polar surface area (TPSA) is 37.4 Å². The number of benzene rings is 1. The summed E-state index contributed by atoms with van der Waals surface area (Å²) in [7, 11) is 0. The minimum atomic E-state index is -0.367. The Labute approximate surface area is 146 Å².